The molecule has 9 heteroatoms. The van der Waals surface area contributed by atoms with Gasteiger partial charge in [-0.1, -0.05) is 0 Å². The molecular weight excluding hydrogens is 280 g/mol. The van der Waals surface area contributed by atoms with Gasteiger partial charge in [0.25, 0.3) is 0 Å². The predicted octanol–water partition coefficient (Wildman–Crippen LogP) is 2.12. The molecule has 1 rings (SSSR count). The fourth-order valence-corrected chi connectivity index (χ4v) is 1.76. The summed E-state index contributed by atoms with van der Waals surface area (Å²) in [5, 5.41) is 16.7. The van der Waals surface area contributed by atoms with Crippen LogP contribution in [-0.4, -0.2) is 27.9 Å². The fourth-order valence-electron chi connectivity index (χ4n) is 1.06. The minimum Gasteiger partial charge on any atom is -0.481 e. The second-order valence-corrected chi connectivity index (χ2v) is 3.93. The highest BCUT2D eigenvalue weighted by atomic mass is 32.2. The van der Waals surface area contributed by atoms with E-state index in [0.29, 0.717) is 0 Å². The molecule has 0 unspecified atom stereocenters. The molecule has 0 radical (unpaired) electrons. The van der Waals surface area contributed by atoms with Crippen LogP contribution in [0.1, 0.15) is 10.4 Å². The maximum absolute atomic E-state index is 13.3. The van der Waals surface area contributed by atoms with Gasteiger partial charge in [-0.15, -0.1) is 11.8 Å². The lowest BCUT2D eigenvalue weighted by Gasteiger charge is -2.08. The standard InChI is InChI=1S/C9H4F4O4S/c10-4-3(9(16)17)5(11)7(13)8(6(4)12)18-1-2(14)15/h1H2,(H,14,15)(H,16,17). The molecule has 0 heterocycles. The number of rotatable bonds is 4. The van der Waals surface area contributed by atoms with Crippen LogP contribution in [0.4, 0.5) is 17.6 Å². The van der Waals surface area contributed by atoms with Crippen LogP contribution in [0.5, 0.6) is 0 Å². The number of carboxylic acids is 2. The Kier molecular flexibility index (Phi) is 4.17. The van der Waals surface area contributed by atoms with E-state index < -0.39 is 51.4 Å². The van der Waals surface area contributed by atoms with Crippen molar-refractivity contribution < 1.29 is 37.4 Å². The molecule has 18 heavy (non-hydrogen) atoms. The molecule has 0 saturated carbocycles. The molecule has 0 saturated heterocycles. The van der Waals surface area contributed by atoms with E-state index in [2.05, 4.69) is 0 Å². The lowest BCUT2D eigenvalue weighted by molar-refractivity contribution is -0.133. The van der Waals surface area contributed by atoms with Gasteiger partial charge in [-0.2, -0.15) is 0 Å². The number of hydrogen-bond acceptors (Lipinski definition) is 3. The van der Waals surface area contributed by atoms with E-state index in [1.165, 1.54) is 0 Å². The monoisotopic (exact) mass is 284 g/mol. The van der Waals surface area contributed by atoms with E-state index in [1.54, 1.807) is 0 Å². The summed E-state index contributed by atoms with van der Waals surface area (Å²) in [4.78, 5) is 19.4. The molecule has 0 aliphatic carbocycles. The van der Waals surface area contributed by atoms with Crippen molar-refractivity contribution in [2.75, 3.05) is 5.75 Å². The first-order valence-electron chi connectivity index (χ1n) is 4.21. The fraction of sp³-hybridized carbons (Fsp3) is 0.111. The topological polar surface area (TPSA) is 74.6 Å². The van der Waals surface area contributed by atoms with Gasteiger partial charge in [0, 0.05) is 0 Å². The maximum atomic E-state index is 13.3. The Labute approximate surface area is 101 Å². The van der Waals surface area contributed by atoms with E-state index in [9.17, 15) is 27.2 Å². The zero-order chi connectivity index (χ0) is 14.0. The van der Waals surface area contributed by atoms with Crippen molar-refractivity contribution in [1.29, 1.82) is 0 Å². The molecule has 0 fully saturated rings. The van der Waals surface area contributed by atoms with Gasteiger partial charge in [0.15, 0.2) is 23.3 Å². The predicted molar refractivity (Wildman–Crippen MR) is 51.6 cm³/mol. The minimum atomic E-state index is -2.17. The molecule has 0 bridgehead atoms. The van der Waals surface area contributed by atoms with Crippen LogP contribution in [-0.2, 0) is 4.79 Å². The Morgan fingerprint density at radius 1 is 0.944 bits per heavy atom. The number of carboxylic acid groups (broad SMARTS) is 2. The molecule has 1 aromatic rings. The van der Waals surface area contributed by atoms with Crippen molar-refractivity contribution >= 4 is 23.7 Å². The van der Waals surface area contributed by atoms with Crippen molar-refractivity contribution in [1.82, 2.24) is 0 Å². The number of aromatic carboxylic acids is 1. The quantitative estimate of drug-likeness (QED) is 0.503. The molecule has 4 nitrogen and oxygen atoms in total. The molecule has 2 N–H and O–H groups in total. The molecule has 0 aliphatic heterocycles. The average molecular weight is 284 g/mol. The highest BCUT2D eigenvalue weighted by molar-refractivity contribution is 8.00. The first kappa shape index (κ1) is 14.3. The van der Waals surface area contributed by atoms with E-state index in [1.807, 2.05) is 0 Å². The van der Waals surface area contributed by atoms with Gasteiger partial charge in [0.2, 0.25) is 0 Å². The number of halogens is 4. The summed E-state index contributed by atoms with van der Waals surface area (Å²) in [7, 11) is 0. The van der Waals surface area contributed by atoms with Crippen LogP contribution < -0.4 is 0 Å². The van der Waals surface area contributed by atoms with Crippen molar-refractivity contribution in [2.24, 2.45) is 0 Å². The zero-order valence-corrected chi connectivity index (χ0v) is 9.15. The first-order chi connectivity index (χ1) is 8.27. The summed E-state index contributed by atoms with van der Waals surface area (Å²) in [6.45, 7) is 0. The largest absolute Gasteiger partial charge is 0.481 e. The number of aliphatic carboxylic acids is 1. The number of benzene rings is 1. The van der Waals surface area contributed by atoms with Crippen molar-refractivity contribution in [3.63, 3.8) is 0 Å². The van der Waals surface area contributed by atoms with E-state index >= 15 is 0 Å². The second-order valence-electron chi connectivity index (χ2n) is 2.95. The van der Waals surface area contributed by atoms with Crippen LogP contribution in [0, 0.1) is 23.3 Å². The number of hydrogen-bond donors (Lipinski definition) is 2. The van der Waals surface area contributed by atoms with E-state index in [0.717, 1.165) is 0 Å². The van der Waals surface area contributed by atoms with Gasteiger partial charge in [-0.25, -0.2) is 22.4 Å². The normalized spacial score (nSPS) is 10.4. The lowest BCUT2D eigenvalue weighted by Crippen LogP contribution is -2.11. The second kappa shape index (κ2) is 5.25. The van der Waals surface area contributed by atoms with E-state index in [4.69, 9.17) is 10.2 Å². The Morgan fingerprint density at radius 3 is 1.72 bits per heavy atom. The van der Waals surface area contributed by atoms with Gasteiger partial charge in [0.05, 0.1) is 10.6 Å². The van der Waals surface area contributed by atoms with E-state index in [-0.39, 0.29) is 11.8 Å². The molecule has 0 atom stereocenters. The van der Waals surface area contributed by atoms with Crippen molar-refractivity contribution in [3.05, 3.63) is 28.8 Å². The Morgan fingerprint density at radius 2 is 1.39 bits per heavy atom. The van der Waals surface area contributed by atoms with Gasteiger partial charge in [-0.05, 0) is 0 Å². The first-order valence-corrected chi connectivity index (χ1v) is 5.19. The highest BCUT2D eigenvalue weighted by Gasteiger charge is 2.29. The minimum absolute atomic E-state index is 0.00804. The van der Waals surface area contributed by atoms with Crippen molar-refractivity contribution in [2.45, 2.75) is 4.90 Å². The molecule has 0 spiro atoms. The van der Waals surface area contributed by atoms with Crippen LogP contribution >= 0.6 is 11.8 Å². The smallest absolute Gasteiger partial charge is 0.341 e. The van der Waals surface area contributed by atoms with Crippen LogP contribution in [0.15, 0.2) is 4.90 Å². The molecule has 0 aliphatic rings. The SMILES string of the molecule is O=C(O)CSc1c(F)c(F)c(C(=O)O)c(F)c1F. The lowest BCUT2D eigenvalue weighted by atomic mass is 10.2. The van der Waals surface area contributed by atoms with Gasteiger partial charge >= 0.3 is 11.9 Å². The number of thioether (sulfide) groups is 1. The third kappa shape index (κ3) is 2.55. The molecule has 1 aromatic carbocycles. The Balaban J connectivity index is 3.39. The van der Waals surface area contributed by atoms with Crippen LogP contribution in [0.2, 0.25) is 0 Å². The number of carbonyl (C=O) groups is 2. The molecule has 98 valence electrons. The molecule has 0 amide bonds. The van der Waals surface area contributed by atoms with Gasteiger partial charge < -0.3 is 10.2 Å². The Bertz CT molecular complexity index is 503. The molecule has 0 aromatic heterocycles. The maximum Gasteiger partial charge on any atom is 0.341 e. The summed E-state index contributed by atoms with van der Waals surface area (Å²) in [6.07, 6.45) is 0. The van der Waals surface area contributed by atoms with Crippen LogP contribution in [0.25, 0.3) is 0 Å². The summed E-state index contributed by atoms with van der Waals surface area (Å²) in [5.41, 5.74) is -1.76. The van der Waals surface area contributed by atoms with Gasteiger partial charge in [-0.3, -0.25) is 4.79 Å². The highest BCUT2D eigenvalue weighted by Crippen LogP contribution is 2.31. The summed E-state index contributed by atoms with van der Waals surface area (Å²) in [5.74, 6) is -12.5. The zero-order valence-electron chi connectivity index (χ0n) is 8.34. The third-order valence-electron chi connectivity index (χ3n) is 1.78. The average Bonchev–Trinajstić information content (AvgIpc) is 2.26. The van der Waals surface area contributed by atoms with Crippen LogP contribution in [0.3, 0.4) is 0 Å². The summed E-state index contributed by atoms with van der Waals surface area (Å²) >= 11 is 0.00804. The van der Waals surface area contributed by atoms with Crippen molar-refractivity contribution in [3.8, 4) is 0 Å². The Hall–Kier alpha value is -1.77. The third-order valence-corrected chi connectivity index (χ3v) is 2.82. The molecular formula is C9H4F4O4S. The summed E-state index contributed by atoms with van der Waals surface area (Å²) in [6, 6.07) is 0. The summed E-state index contributed by atoms with van der Waals surface area (Å²) < 4.78 is 52.8. The van der Waals surface area contributed by atoms with Gasteiger partial charge in [0.1, 0.15) is 5.56 Å².